The fourth-order valence-corrected chi connectivity index (χ4v) is 2.14. The van der Waals surface area contributed by atoms with Crippen LogP contribution in [-0.2, 0) is 24.0 Å². The van der Waals surface area contributed by atoms with Crippen molar-refractivity contribution >= 4 is 29.6 Å². The third-order valence-electron chi connectivity index (χ3n) is 3.79. The number of carboxylic acids is 1. The first kappa shape index (κ1) is 25.3. The van der Waals surface area contributed by atoms with Crippen LogP contribution in [0.1, 0.15) is 39.0 Å². The zero-order valence-electron chi connectivity index (χ0n) is 15.9. The molecule has 0 radical (unpaired) electrons. The van der Waals surface area contributed by atoms with Crippen LogP contribution in [-0.4, -0.2) is 65.9 Å². The first-order chi connectivity index (χ1) is 13.1. The summed E-state index contributed by atoms with van der Waals surface area (Å²) in [5.74, 6) is -3.92. The summed E-state index contributed by atoms with van der Waals surface area (Å²) in [6.07, 6.45) is 1.48. The van der Waals surface area contributed by atoms with E-state index in [0.29, 0.717) is 19.4 Å². The first-order valence-corrected chi connectivity index (χ1v) is 8.92. The summed E-state index contributed by atoms with van der Waals surface area (Å²) in [5, 5.41) is 16.0. The molecule has 0 saturated heterocycles. The van der Waals surface area contributed by atoms with Gasteiger partial charge in [-0.15, -0.1) is 0 Å². The molecule has 0 fully saturated rings. The topological polar surface area (TPSA) is 220 Å². The molecular formula is C16H30N6O6. The van der Waals surface area contributed by atoms with Gasteiger partial charge in [0.05, 0.1) is 12.6 Å². The van der Waals surface area contributed by atoms with Crippen LogP contribution in [0.15, 0.2) is 0 Å². The monoisotopic (exact) mass is 402 g/mol. The summed E-state index contributed by atoms with van der Waals surface area (Å²) in [7, 11) is 0. The third-order valence-corrected chi connectivity index (χ3v) is 3.79. The predicted octanol–water partition coefficient (Wildman–Crippen LogP) is -3.10. The third kappa shape index (κ3) is 11.1. The fourth-order valence-electron chi connectivity index (χ4n) is 2.14. The molecule has 0 aliphatic carbocycles. The highest BCUT2D eigenvalue weighted by Crippen LogP contribution is 1.99. The van der Waals surface area contributed by atoms with Crippen molar-refractivity contribution in [2.45, 2.75) is 57.2 Å². The molecule has 3 unspecified atom stereocenters. The van der Waals surface area contributed by atoms with Crippen LogP contribution in [0.3, 0.4) is 0 Å². The van der Waals surface area contributed by atoms with Gasteiger partial charge in [0.2, 0.25) is 23.6 Å². The van der Waals surface area contributed by atoms with E-state index in [1.165, 1.54) is 6.92 Å². The Morgan fingerprint density at radius 1 is 1.00 bits per heavy atom. The van der Waals surface area contributed by atoms with E-state index >= 15 is 0 Å². The van der Waals surface area contributed by atoms with E-state index in [2.05, 4.69) is 16.0 Å². The van der Waals surface area contributed by atoms with Gasteiger partial charge in [-0.3, -0.25) is 19.2 Å². The Morgan fingerprint density at radius 3 is 2.18 bits per heavy atom. The Labute approximate surface area is 162 Å². The van der Waals surface area contributed by atoms with Crippen LogP contribution in [0, 0.1) is 0 Å². The minimum absolute atomic E-state index is 0.171. The average molecular weight is 402 g/mol. The van der Waals surface area contributed by atoms with E-state index in [9.17, 15) is 24.0 Å². The summed E-state index contributed by atoms with van der Waals surface area (Å²) in [5.41, 5.74) is 16.0. The lowest BCUT2D eigenvalue weighted by atomic mass is 10.1. The molecule has 0 bridgehead atoms. The van der Waals surface area contributed by atoms with Gasteiger partial charge in [0.1, 0.15) is 12.1 Å². The minimum atomic E-state index is -1.33. The number of primary amides is 1. The van der Waals surface area contributed by atoms with Gasteiger partial charge in [-0.1, -0.05) is 6.42 Å². The maximum Gasteiger partial charge on any atom is 0.326 e. The standard InChI is InChI=1S/C16H30N6O6/c1-9(14(25)22-11(16(27)28)5-6-12(19)23)21-13(24)8-20-15(26)10(18)4-2-3-7-17/h9-11H,2-8,17-18H2,1H3,(H2,19,23)(H,20,26)(H,21,24)(H,22,25)(H,27,28). The Morgan fingerprint density at radius 2 is 1.64 bits per heavy atom. The number of rotatable bonds is 14. The Balaban J connectivity index is 4.36. The summed E-state index contributed by atoms with van der Waals surface area (Å²) in [6.45, 7) is 1.47. The second-order valence-electron chi connectivity index (χ2n) is 6.30. The molecule has 0 aromatic carbocycles. The number of nitrogens with two attached hydrogens (primary N) is 3. The smallest absolute Gasteiger partial charge is 0.326 e. The van der Waals surface area contributed by atoms with Gasteiger partial charge < -0.3 is 38.3 Å². The highest BCUT2D eigenvalue weighted by Gasteiger charge is 2.24. The number of carbonyl (C=O) groups excluding carboxylic acids is 4. The van der Waals surface area contributed by atoms with E-state index in [4.69, 9.17) is 22.3 Å². The molecule has 0 aliphatic heterocycles. The largest absolute Gasteiger partial charge is 0.480 e. The highest BCUT2D eigenvalue weighted by atomic mass is 16.4. The van der Waals surface area contributed by atoms with Gasteiger partial charge in [0.15, 0.2) is 0 Å². The number of hydrogen-bond donors (Lipinski definition) is 7. The zero-order chi connectivity index (χ0) is 21.7. The normalized spacial score (nSPS) is 13.7. The molecule has 4 amide bonds. The number of carbonyl (C=O) groups is 5. The van der Waals surface area contributed by atoms with Crippen molar-refractivity contribution < 1.29 is 29.1 Å². The SMILES string of the molecule is CC(NC(=O)CNC(=O)C(N)CCCCN)C(=O)NC(CCC(N)=O)C(=O)O. The molecule has 0 aliphatic rings. The molecule has 12 heteroatoms. The summed E-state index contributed by atoms with van der Waals surface area (Å²) in [6, 6.07) is -3.13. The quantitative estimate of drug-likeness (QED) is 0.147. The second kappa shape index (κ2) is 13.4. The lowest BCUT2D eigenvalue weighted by Crippen LogP contribution is -2.52. The molecule has 160 valence electrons. The van der Waals surface area contributed by atoms with E-state index in [1.54, 1.807) is 0 Å². The lowest BCUT2D eigenvalue weighted by molar-refractivity contribution is -0.142. The number of nitrogens with one attached hydrogen (secondary N) is 3. The van der Waals surface area contributed by atoms with E-state index < -0.39 is 47.7 Å². The van der Waals surface area contributed by atoms with Crippen molar-refractivity contribution in [3.05, 3.63) is 0 Å². The van der Waals surface area contributed by atoms with Crippen molar-refractivity contribution in [2.24, 2.45) is 17.2 Å². The van der Waals surface area contributed by atoms with Crippen molar-refractivity contribution in [1.82, 2.24) is 16.0 Å². The molecule has 10 N–H and O–H groups in total. The van der Waals surface area contributed by atoms with Crippen LogP contribution >= 0.6 is 0 Å². The maximum atomic E-state index is 12.0. The van der Waals surface area contributed by atoms with Crippen molar-refractivity contribution in [3.8, 4) is 0 Å². The molecule has 28 heavy (non-hydrogen) atoms. The molecule has 0 rings (SSSR count). The summed E-state index contributed by atoms with van der Waals surface area (Å²) >= 11 is 0. The number of amides is 4. The summed E-state index contributed by atoms with van der Waals surface area (Å²) in [4.78, 5) is 57.5. The number of unbranched alkanes of at least 4 members (excludes halogenated alkanes) is 1. The average Bonchev–Trinajstić information content (AvgIpc) is 2.62. The molecule has 0 aromatic heterocycles. The van der Waals surface area contributed by atoms with Gasteiger partial charge in [0, 0.05) is 6.42 Å². The van der Waals surface area contributed by atoms with Crippen LogP contribution in [0.5, 0.6) is 0 Å². The van der Waals surface area contributed by atoms with Crippen molar-refractivity contribution in [1.29, 1.82) is 0 Å². The molecule has 12 nitrogen and oxygen atoms in total. The first-order valence-electron chi connectivity index (χ1n) is 8.92. The fraction of sp³-hybridized carbons (Fsp3) is 0.688. The maximum absolute atomic E-state index is 12.0. The van der Waals surface area contributed by atoms with E-state index in [1.807, 2.05) is 0 Å². The van der Waals surface area contributed by atoms with E-state index in [0.717, 1.165) is 6.42 Å². The zero-order valence-corrected chi connectivity index (χ0v) is 15.9. The van der Waals surface area contributed by atoms with Crippen LogP contribution < -0.4 is 33.2 Å². The van der Waals surface area contributed by atoms with Crippen LogP contribution in [0.25, 0.3) is 0 Å². The number of hydrogen-bond acceptors (Lipinski definition) is 7. The van der Waals surface area contributed by atoms with Gasteiger partial charge in [-0.05, 0) is 32.7 Å². The van der Waals surface area contributed by atoms with Crippen LogP contribution in [0.4, 0.5) is 0 Å². The Kier molecular flexibility index (Phi) is 12.1. The lowest BCUT2D eigenvalue weighted by Gasteiger charge is -2.19. The molecular weight excluding hydrogens is 372 g/mol. The number of carboxylic acid groups (broad SMARTS) is 1. The van der Waals surface area contributed by atoms with Gasteiger partial charge in [0.25, 0.3) is 0 Å². The van der Waals surface area contributed by atoms with Crippen molar-refractivity contribution in [2.75, 3.05) is 13.1 Å². The van der Waals surface area contributed by atoms with E-state index in [-0.39, 0.29) is 19.4 Å². The molecule has 0 saturated carbocycles. The van der Waals surface area contributed by atoms with Gasteiger partial charge in [-0.25, -0.2) is 4.79 Å². The molecule has 0 heterocycles. The van der Waals surface area contributed by atoms with Gasteiger partial charge >= 0.3 is 5.97 Å². The molecule has 0 spiro atoms. The van der Waals surface area contributed by atoms with Crippen LogP contribution in [0.2, 0.25) is 0 Å². The highest BCUT2D eigenvalue weighted by molar-refractivity contribution is 5.92. The molecule has 0 aromatic rings. The van der Waals surface area contributed by atoms with Crippen molar-refractivity contribution in [3.63, 3.8) is 0 Å². The Bertz CT molecular complexity index is 570. The Hall–Kier alpha value is -2.73. The minimum Gasteiger partial charge on any atom is -0.480 e. The number of aliphatic carboxylic acids is 1. The van der Waals surface area contributed by atoms with Gasteiger partial charge in [-0.2, -0.15) is 0 Å². The predicted molar refractivity (Wildman–Crippen MR) is 99.5 cm³/mol. The second-order valence-corrected chi connectivity index (χ2v) is 6.30. The molecule has 3 atom stereocenters. The summed E-state index contributed by atoms with van der Waals surface area (Å²) < 4.78 is 0.